The Morgan fingerprint density at radius 2 is 1.68 bits per heavy atom. The van der Waals surface area contributed by atoms with Crippen LogP contribution >= 0.6 is 0 Å². The lowest BCUT2D eigenvalue weighted by molar-refractivity contribution is 0.0951. The van der Waals surface area contributed by atoms with E-state index in [1.807, 2.05) is 44.2 Å². The molecule has 0 spiro atoms. The highest BCUT2D eigenvalue weighted by Gasteiger charge is 2.20. The molecule has 37 heavy (non-hydrogen) atoms. The molecule has 1 saturated heterocycles. The van der Waals surface area contributed by atoms with Crippen molar-refractivity contribution in [3.63, 3.8) is 0 Å². The molecule has 1 N–H and O–H groups in total. The first kappa shape index (κ1) is 26.7. The van der Waals surface area contributed by atoms with Crippen LogP contribution in [0.4, 0.5) is 11.4 Å². The van der Waals surface area contributed by atoms with Crippen LogP contribution in [0.5, 0.6) is 0 Å². The summed E-state index contributed by atoms with van der Waals surface area (Å²) in [7, 11) is -3.48. The zero-order valence-corrected chi connectivity index (χ0v) is 23.0. The highest BCUT2D eigenvalue weighted by Crippen LogP contribution is 2.26. The average molecular weight is 520 g/mol. The maximum Gasteiger partial charge on any atom is 0.251 e. The van der Waals surface area contributed by atoms with Gasteiger partial charge in [0.05, 0.1) is 18.5 Å². The Labute approximate surface area is 221 Å². The van der Waals surface area contributed by atoms with Gasteiger partial charge in [-0.05, 0) is 85.2 Å². The fourth-order valence-corrected chi connectivity index (χ4v) is 5.77. The van der Waals surface area contributed by atoms with Crippen molar-refractivity contribution in [2.45, 2.75) is 46.7 Å². The predicted molar refractivity (Wildman–Crippen MR) is 152 cm³/mol. The number of hydrogen-bond donors (Lipinski definition) is 1. The van der Waals surface area contributed by atoms with Gasteiger partial charge >= 0.3 is 0 Å². The molecule has 1 atom stereocenters. The average Bonchev–Trinajstić information content (AvgIpc) is 2.87. The number of nitrogens with zero attached hydrogens (tertiary/aromatic N) is 2. The maximum atomic E-state index is 12.7. The number of piperidine rings is 1. The summed E-state index contributed by atoms with van der Waals surface area (Å²) in [5.74, 6) is 0.565. The summed E-state index contributed by atoms with van der Waals surface area (Å²) in [5, 5.41) is 2.99. The first-order valence-corrected chi connectivity index (χ1v) is 14.7. The van der Waals surface area contributed by atoms with Gasteiger partial charge in [0.2, 0.25) is 10.0 Å². The lowest BCUT2D eigenvalue weighted by Crippen LogP contribution is -2.34. The van der Waals surface area contributed by atoms with E-state index in [1.54, 1.807) is 12.1 Å². The van der Waals surface area contributed by atoms with E-state index in [4.69, 9.17) is 0 Å². The third kappa shape index (κ3) is 6.92. The maximum absolute atomic E-state index is 12.7. The molecule has 7 heteroatoms. The van der Waals surface area contributed by atoms with E-state index in [0.717, 1.165) is 41.3 Å². The van der Waals surface area contributed by atoms with Crippen molar-refractivity contribution in [3.05, 3.63) is 94.5 Å². The Hall–Kier alpha value is -3.32. The number of benzene rings is 3. The molecule has 0 unspecified atom stereocenters. The summed E-state index contributed by atoms with van der Waals surface area (Å²) in [5.41, 5.74) is 6.20. The van der Waals surface area contributed by atoms with Gasteiger partial charge in [0.15, 0.2) is 0 Å². The molecule has 0 bridgehead atoms. The topological polar surface area (TPSA) is 69.7 Å². The van der Waals surface area contributed by atoms with Crippen molar-refractivity contribution in [2.24, 2.45) is 5.92 Å². The molecule has 1 aliphatic heterocycles. The molecule has 0 saturated carbocycles. The first-order valence-electron chi connectivity index (χ1n) is 12.9. The number of amides is 1. The van der Waals surface area contributed by atoms with Crippen molar-refractivity contribution in [1.82, 2.24) is 5.32 Å². The van der Waals surface area contributed by atoms with E-state index < -0.39 is 10.0 Å². The molecule has 6 nitrogen and oxygen atoms in total. The molecular weight excluding hydrogens is 482 g/mol. The molecule has 4 rings (SSSR count). The molecule has 1 aliphatic rings. The normalized spacial score (nSPS) is 15.9. The number of rotatable bonds is 8. The molecule has 0 aliphatic carbocycles. The number of carbonyl (C=O) groups is 1. The Balaban J connectivity index is 1.37. The summed E-state index contributed by atoms with van der Waals surface area (Å²) in [6, 6.07) is 21.3. The largest absolute Gasteiger partial charge is 0.371 e. The van der Waals surface area contributed by atoms with Gasteiger partial charge in [-0.2, -0.15) is 0 Å². The fraction of sp³-hybridized carbons (Fsp3) is 0.367. The summed E-state index contributed by atoms with van der Waals surface area (Å²) in [4.78, 5) is 15.2. The highest BCUT2D eigenvalue weighted by molar-refractivity contribution is 7.92. The molecule has 1 fully saturated rings. The minimum atomic E-state index is -3.48. The van der Waals surface area contributed by atoms with Crippen LogP contribution in [0.2, 0.25) is 0 Å². The quantitative estimate of drug-likeness (QED) is 0.431. The second-order valence-corrected chi connectivity index (χ2v) is 12.2. The van der Waals surface area contributed by atoms with Crippen LogP contribution in [0.25, 0.3) is 0 Å². The Morgan fingerprint density at radius 1 is 1.00 bits per heavy atom. The van der Waals surface area contributed by atoms with Crippen LogP contribution in [0.15, 0.2) is 66.7 Å². The van der Waals surface area contributed by atoms with E-state index in [2.05, 4.69) is 41.4 Å². The fourth-order valence-electron chi connectivity index (χ4n) is 4.83. The number of sulfonamides is 1. The molecule has 1 heterocycles. The van der Waals surface area contributed by atoms with Crippen LogP contribution in [-0.2, 0) is 23.1 Å². The Kier molecular flexibility index (Phi) is 8.22. The molecule has 3 aromatic rings. The van der Waals surface area contributed by atoms with Gasteiger partial charge in [-0.1, -0.05) is 43.3 Å². The Morgan fingerprint density at radius 3 is 2.32 bits per heavy atom. The second-order valence-electron chi connectivity index (χ2n) is 10.3. The van der Waals surface area contributed by atoms with Crippen LogP contribution in [0.1, 0.15) is 52.4 Å². The van der Waals surface area contributed by atoms with Crippen molar-refractivity contribution >= 4 is 27.3 Å². The molecular formula is C30H37N3O3S. The van der Waals surface area contributed by atoms with E-state index in [9.17, 15) is 13.2 Å². The van der Waals surface area contributed by atoms with Crippen LogP contribution in [0.3, 0.4) is 0 Å². The number of anilines is 2. The Bertz CT molecular complexity index is 1340. The summed E-state index contributed by atoms with van der Waals surface area (Å²) in [6.45, 7) is 9.00. The smallest absolute Gasteiger partial charge is 0.251 e. The minimum Gasteiger partial charge on any atom is -0.371 e. The van der Waals surface area contributed by atoms with Gasteiger partial charge in [0, 0.05) is 30.9 Å². The monoisotopic (exact) mass is 519 g/mol. The number of carbonyl (C=O) groups excluding carboxylic acids is 1. The molecule has 0 aromatic heterocycles. The summed E-state index contributed by atoms with van der Waals surface area (Å²) >= 11 is 0. The predicted octanol–water partition coefficient (Wildman–Crippen LogP) is 5.44. The summed E-state index contributed by atoms with van der Waals surface area (Å²) < 4.78 is 26.6. The molecule has 3 aromatic carbocycles. The third-order valence-electron chi connectivity index (χ3n) is 6.99. The van der Waals surface area contributed by atoms with Crippen molar-refractivity contribution in [1.29, 1.82) is 0 Å². The lowest BCUT2D eigenvalue weighted by atomic mass is 9.99. The lowest BCUT2D eigenvalue weighted by Gasteiger charge is -2.32. The zero-order chi connectivity index (χ0) is 26.6. The SMILES string of the molecule is Cc1ccc(C)c(N(Cc2ccc(C(=O)NCc3ccc(N4CCC[C@@H](C)C4)cc3)cc2)S(C)(=O)=O)c1. The standard InChI is InChI=1S/C30H37N3O3S/c1-22-7-8-24(3)29(18-22)33(37(4,35)36)21-26-9-13-27(14-10-26)30(34)31-19-25-11-15-28(16-12-25)32-17-5-6-23(2)20-32/h7-16,18,23H,5-6,17,19-21H2,1-4H3,(H,31,34)/t23-/m1/s1. The van der Waals surface area contributed by atoms with Gasteiger partial charge < -0.3 is 10.2 Å². The van der Waals surface area contributed by atoms with Gasteiger partial charge in [-0.3, -0.25) is 9.10 Å². The first-order chi connectivity index (χ1) is 17.6. The summed E-state index contributed by atoms with van der Waals surface area (Å²) in [6.07, 6.45) is 3.75. The van der Waals surface area contributed by atoms with Crippen molar-refractivity contribution in [2.75, 3.05) is 28.6 Å². The van der Waals surface area contributed by atoms with Gasteiger partial charge in [-0.25, -0.2) is 8.42 Å². The number of hydrogen-bond acceptors (Lipinski definition) is 4. The van der Waals surface area contributed by atoms with Crippen LogP contribution < -0.4 is 14.5 Å². The van der Waals surface area contributed by atoms with Crippen LogP contribution in [0, 0.1) is 19.8 Å². The second kappa shape index (κ2) is 11.4. The molecule has 0 radical (unpaired) electrons. The van der Waals surface area contributed by atoms with E-state index >= 15 is 0 Å². The van der Waals surface area contributed by atoms with Gasteiger partial charge in [0.1, 0.15) is 0 Å². The van der Waals surface area contributed by atoms with Gasteiger partial charge in [-0.15, -0.1) is 0 Å². The van der Waals surface area contributed by atoms with Gasteiger partial charge in [0.25, 0.3) is 5.91 Å². The van der Waals surface area contributed by atoms with Crippen molar-refractivity contribution < 1.29 is 13.2 Å². The van der Waals surface area contributed by atoms with E-state index in [-0.39, 0.29) is 12.5 Å². The zero-order valence-electron chi connectivity index (χ0n) is 22.2. The third-order valence-corrected chi connectivity index (χ3v) is 8.11. The number of nitrogens with one attached hydrogen (secondary N) is 1. The van der Waals surface area contributed by atoms with Crippen LogP contribution in [-0.4, -0.2) is 33.7 Å². The minimum absolute atomic E-state index is 0.157. The molecule has 196 valence electrons. The highest BCUT2D eigenvalue weighted by atomic mass is 32.2. The number of aryl methyl sites for hydroxylation is 2. The van der Waals surface area contributed by atoms with E-state index in [0.29, 0.717) is 17.8 Å². The molecule has 1 amide bonds. The van der Waals surface area contributed by atoms with Crippen molar-refractivity contribution in [3.8, 4) is 0 Å². The van der Waals surface area contributed by atoms with E-state index in [1.165, 1.54) is 29.1 Å².